The highest BCUT2D eigenvalue weighted by atomic mass is 35.5. The van der Waals surface area contributed by atoms with Crippen LogP contribution in [0.4, 0.5) is 11.5 Å². The van der Waals surface area contributed by atoms with Gasteiger partial charge in [0.25, 0.3) is 0 Å². The zero-order valence-electron chi connectivity index (χ0n) is 17.4. The van der Waals surface area contributed by atoms with E-state index in [9.17, 15) is 0 Å². The van der Waals surface area contributed by atoms with Gasteiger partial charge in [0.15, 0.2) is 10.8 Å². The topological polar surface area (TPSA) is 106 Å². The van der Waals surface area contributed by atoms with Crippen molar-refractivity contribution in [3.8, 4) is 0 Å². The standard InChI is InChI=1S/C21H25Cl2N7OS/c22-18-5-3-15(10-19(18)23)13-30(20-6-4-17(29-31)12-27-20)9-8-26-21(32)25-7-1-2-16-11-24-14-28-16/h3-6,10-12,14,29,31H,1-2,7-9,13H2,(H,24,28)(H2,25,26,32)/p+1. The molecule has 0 aliphatic heterocycles. The summed E-state index contributed by atoms with van der Waals surface area (Å²) >= 11 is 17.6. The number of nitrogens with zero attached hydrogens (tertiary/aromatic N) is 3. The normalized spacial score (nSPS) is 10.7. The number of halogens is 2. The lowest BCUT2D eigenvalue weighted by Gasteiger charge is -2.24. The molecule has 0 unspecified atom stereocenters. The Bertz CT molecular complexity index is 986. The van der Waals surface area contributed by atoms with Crippen molar-refractivity contribution in [2.75, 3.05) is 24.5 Å². The number of aryl methyl sites for hydroxylation is 1. The molecule has 0 radical (unpaired) electrons. The van der Waals surface area contributed by atoms with E-state index >= 15 is 0 Å². The second kappa shape index (κ2) is 12.6. The number of H-pyrrole nitrogens is 1. The summed E-state index contributed by atoms with van der Waals surface area (Å²) in [6.45, 7) is 2.66. The van der Waals surface area contributed by atoms with Crippen LogP contribution in [0, 0.1) is 0 Å². The van der Waals surface area contributed by atoms with E-state index in [0.717, 1.165) is 41.9 Å². The van der Waals surface area contributed by atoms with E-state index in [1.54, 1.807) is 18.6 Å². The molecular formula is C21H26Cl2N7OS+. The molecule has 3 aromatic rings. The summed E-state index contributed by atoms with van der Waals surface area (Å²) in [6, 6.07) is 9.26. The summed E-state index contributed by atoms with van der Waals surface area (Å²) in [5.74, 6) is 0.780. The van der Waals surface area contributed by atoms with Gasteiger partial charge in [0, 0.05) is 44.1 Å². The Morgan fingerprint density at radius 1 is 1.12 bits per heavy atom. The van der Waals surface area contributed by atoms with Crippen molar-refractivity contribution in [1.82, 2.24) is 25.6 Å². The van der Waals surface area contributed by atoms with Crippen LogP contribution in [-0.2, 0) is 13.0 Å². The molecule has 0 bridgehead atoms. The maximum Gasteiger partial charge on any atom is 0.180 e. The Balaban J connectivity index is 1.52. The zero-order chi connectivity index (χ0) is 22.8. The Morgan fingerprint density at radius 2 is 1.97 bits per heavy atom. The van der Waals surface area contributed by atoms with E-state index < -0.39 is 0 Å². The van der Waals surface area contributed by atoms with Crippen molar-refractivity contribution in [3.05, 3.63) is 70.4 Å². The van der Waals surface area contributed by atoms with Crippen molar-refractivity contribution in [1.29, 1.82) is 0 Å². The summed E-state index contributed by atoms with van der Waals surface area (Å²) < 4.78 is 0. The summed E-state index contributed by atoms with van der Waals surface area (Å²) in [7, 11) is 0. The van der Waals surface area contributed by atoms with Crippen molar-refractivity contribution in [3.63, 3.8) is 0 Å². The molecule has 2 aromatic heterocycles. The lowest BCUT2D eigenvalue weighted by atomic mass is 10.2. The van der Waals surface area contributed by atoms with E-state index in [-0.39, 0.29) is 0 Å². The van der Waals surface area contributed by atoms with Gasteiger partial charge in [0.2, 0.25) is 0 Å². The van der Waals surface area contributed by atoms with Gasteiger partial charge in [-0.1, -0.05) is 29.3 Å². The van der Waals surface area contributed by atoms with Crippen LogP contribution in [0.15, 0.2) is 49.1 Å². The first-order valence-corrected chi connectivity index (χ1v) is 11.3. The van der Waals surface area contributed by atoms with Crippen LogP contribution in [0.5, 0.6) is 0 Å². The molecule has 0 saturated carbocycles. The van der Waals surface area contributed by atoms with Crippen LogP contribution in [0.2, 0.25) is 10.0 Å². The Hall–Kier alpha value is -2.43. The summed E-state index contributed by atoms with van der Waals surface area (Å²) in [5, 5.41) is 17.3. The predicted molar refractivity (Wildman–Crippen MR) is 131 cm³/mol. The van der Waals surface area contributed by atoms with Gasteiger partial charge in [0.05, 0.1) is 22.6 Å². The first-order chi connectivity index (χ1) is 15.5. The van der Waals surface area contributed by atoms with Crippen molar-refractivity contribution < 1.29 is 10.7 Å². The minimum atomic E-state index is 0.515. The largest absolute Gasteiger partial charge is 0.363 e. The fourth-order valence-corrected chi connectivity index (χ4v) is 3.59. The molecule has 0 spiro atoms. The minimum Gasteiger partial charge on any atom is -0.363 e. The monoisotopic (exact) mass is 494 g/mol. The Labute approximate surface area is 202 Å². The lowest BCUT2D eigenvalue weighted by molar-refractivity contribution is -0.825. The number of hydrogen-bond donors (Lipinski definition) is 5. The number of imidazole rings is 1. The molecule has 0 fully saturated rings. The maximum atomic E-state index is 9.16. The number of aromatic nitrogens is 3. The second-order valence-electron chi connectivity index (χ2n) is 7.11. The highest BCUT2D eigenvalue weighted by Crippen LogP contribution is 2.24. The van der Waals surface area contributed by atoms with Gasteiger partial charge in [-0.2, -0.15) is 5.48 Å². The zero-order valence-corrected chi connectivity index (χ0v) is 19.7. The van der Waals surface area contributed by atoms with Crippen molar-refractivity contribution in [2.45, 2.75) is 19.4 Å². The number of benzene rings is 1. The third kappa shape index (κ3) is 7.61. The van der Waals surface area contributed by atoms with Crippen LogP contribution in [0.25, 0.3) is 0 Å². The maximum absolute atomic E-state index is 9.16. The van der Waals surface area contributed by atoms with E-state index in [0.29, 0.717) is 40.5 Å². The summed E-state index contributed by atoms with van der Waals surface area (Å²) in [5.41, 5.74) is 3.79. The predicted octanol–water partition coefficient (Wildman–Crippen LogP) is 2.80. The van der Waals surface area contributed by atoms with Crippen LogP contribution in [0.3, 0.4) is 0 Å². The van der Waals surface area contributed by atoms with Gasteiger partial charge in [-0.15, -0.1) is 0 Å². The molecule has 11 heteroatoms. The molecule has 0 saturated heterocycles. The molecule has 0 aliphatic rings. The number of anilines is 1. The molecule has 0 aliphatic carbocycles. The van der Waals surface area contributed by atoms with Crippen molar-refractivity contribution in [2.24, 2.45) is 0 Å². The number of rotatable bonds is 11. The SMILES string of the molecule is O[NH2+]c1ccc(N(CCNC(=S)NCCCc2cnc[nH]2)Cc2ccc(Cl)c(Cl)c2)nc1. The number of pyridine rings is 1. The van der Waals surface area contributed by atoms with Crippen LogP contribution >= 0.6 is 35.4 Å². The van der Waals surface area contributed by atoms with E-state index in [1.807, 2.05) is 30.5 Å². The fourth-order valence-electron chi connectivity index (χ4n) is 3.06. The first-order valence-electron chi connectivity index (χ1n) is 10.2. The molecule has 32 heavy (non-hydrogen) atoms. The molecule has 0 atom stereocenters. The van der Waals surface area contributed by atoms with Gasteiger partial charge in [-0.05, 0) is 48.8 Å². The number of quaternary nitrogens is 1. The molecule has 3 rings (SSSR count). The number of aromatic amines is 1. The average Bonchev–Trinajstić information content (AvgIpc) is 3.32. The smallest absolute Gasteiger partial charge is 0.180 e. The van der Waals surface area contributed by atoms with Crippen molar-refractivity contribution >= 4 is 52.0 Å². The Morgan fingerprint density at radius 3 is 2.66 bits per heavy atom. The highest BCUT2D eigenvalue weighted by Gasteiger charge is 2.11. The van der Waals surface area contributed by atoms with Crippen LogP contribution < -0.4 is 21.0 Å². The third-order valence-electron chi connectivity index (χ3n) is 4.73. The molecule has 6 N–H and O–H groups in total. The molecule has 2 heterocycles. The third-order valence-corrected chi connectivity index (χ3v) is 5.76. The first kappa shape index (κ1) is 24.2. The van der Waals surface area contributed by atoms with E-state index in [2.05, 4.69) is 30.5 Å². The van der Waals surface area contributed by atoms with Crippen LogP contribution in [0.1, 0.15) is 17.7 Å². The molecule has 170 valence electrons. The number of nitrogens with two attached hydrogens (primary N) is 1. The van der Waals surface area contributed by atoms with Gasteiger partial charge in [-0.3, -0.25) is 0 Å². The summed E-state index contributed by atoms with van der Waals surface area (Å²) in [4.78, 5) is 13.7. The second-order valence-corrected chi connectivity index (χ2v) is 8.33. The van der Waals surface area contributed by atoms with Gasteiger partial charge in [-0.25, -0.2) is 15.2 Å². The van der Waals surface area contributed by atoms with Crippen LogP contribution in [-0.4, -0.2) is 44.9 Å². The number of hydrogen-bond acceptors (Lipinski definition) is 5. The van der Waals surface area contributed by atoms with Gasteiger partial charge in [0.1, 0.15) is 5.82 Å². The lowest BCUT2D eigenvalue weighted by Crippen LogP contribution is -2.73. The fraction of sp³-hybridized carbons (Fsp3) is 0.286. The summed E-state index contributed by atoms with van der Waals surface area (Å²) in [6.07, 6.45) is 7.00. The Kier molecular flexibility index (Phi) is 9.51. The number of nitrogens with one attached hydrogen (secondary N) is 3. The average molecular weight is 495 g/mol. The molecule has 8 nitrogen and oxygen atoms in total. The van der Waals surface area contributed by atoms with Gasteiger partial charge < -0.3 is 20.5 Å². The van der Waals surface area contributed by atoms with Gasteiger partial charge >= 0.3 is 0 Å². The molecule has 1 aromatic carbocycles. The number of thiocarbonyl (C=S) groups is 1. The highest BCUT2D eigenvalue weighted by molar-refractivity contribution is 7.80. The quantitative estimate of drug-likeness (QED) is 0.158. The van der Waals surface area contributed by atoms with E-state index in [1.165, 1.54) is 0 Å². The minimum absolute atomic E-state index is 0.515. The molecular weight excluding hydrogens is 469 g/mol. The van der Waals surface area contributed by atoms with E-state index in [4.69, 9.17) is 40.6 Å². The molecule has 0 amide bonds.